The third kappa shape index (κ3) is 5.12. The minimum Gasteiger partial charge on any atom is -0.321 e. The van der Waals surface area contributed by atoms with E-state index in [4.69, 9.17) is 11.7 Å². The van der Waals surface area contributed by atoms with E-state index in [0.717, 1.165) is 40.0 Å². The minimum atomic E-state index is -3.72. The number of hydrogen-bond donors (Lipinski definition) is 3. The van der Waals surface area contributed by atoms with Gasteiger partial charge in [-0.1, -0.05) is 29.8 Å². The highest BCUT2D eigenvalue weighted by Crippen LogP contribution is 2.32. The first-order valence-corrected chi connectivity index (χ1v) is 14.9. The zero-order valence-corrected chi connectivity index (χ0v) is 22.7. The number of fused-ring (bicyclic) bond motifs is 1. The number of likely N-dealkylation sites (tertiary alicyclic amines) is 1. The molecule has 1 aliphatic rings. The first kappa shape index (κ1) is 26.2. The normalized spacial score (nSPS) is 16.6. The number of hydrogen-bond acceptors (Lipinski definition) is 8. The molecule has 3 heterocycles. The van der Waals surface area contributed by atoms with Crippen LogP contribution in [0.5, 0.6) is 0 Å². The van der Waals surface area contributed by atoms with Crippen molar-refractivity contribution in [1.82, 2.24) is 19.5 Å². The first-order valence-electron chi connectivity index (χ1n) is 12.3. The SMILES string of the molecule is Cc1ccc(S(=O)(=O)CN(N)/C(=N\N)C(c2ccsc2)N2CCC(n3c(=O)[nH]c4ccccc43)CC2)cc1. The average molecular weight is 554 g/mol. The summed E-state index contributed by atoms with van der Waals surface area (Å²) in [5.41, 5.74) is 3.50. The van der Waals surface area contributed by atoms with Gasteiger partial charge in [-0.05, 0) is 66.4 Å². The number of piperidine rings is 1. The van der Waals surface area contributed by atoms with Gasteiger partial charge in [0.1, 0.15) is 5.88 Å². The molecule has 4 aromatic rings. The Bertz CT molecular complexity index is 1580. The molecule has 1 aliphatic heterocycles. The van der Waals surface area contributed by atoms with Crippen LogP contribution in [0.2, 0.25) is 0 Å². The van der Waals surface area contributed by atoms with Crippen LogP contribution in [0.1, 0.15) is 36.1 Å². The maximum atomic E-state index is 13.1. The number of hydrazone groups is 1. The molecular formula is C26H31N7O3S2. The maximum absolute atomic E-state index is 13.1. The molecule has 0 bridgehead atoms. The van der Waals surface area contributed by atoms with Gasteiger partial charge < -0.3 is 10.8 Å². The molecular weight excluding hydrogens is 522 g/mol. The summed E-state index contributed by atoms with van der Waals surface area (Å²) < 4.78 is 28.1. The standard InChI is InChI=1S/C26H31N7O3S2/c1-18-6-8-21(9-7-18)38(35,36)17-32(28)25(30-27)24(19-12-15-37-16-19)31-13-10-20(11-14-31)33-23-5-3-2-4-22(23)29-26(33)34/h2-9,12,15-16,20,24H,10-11,13-14,17,27-28H2,1H3,(H,29,34)/b30-25-. The molecule has 0 saturated carbocycles. The number of para-hydroxylation sites is 2. The van der Waals surface area contributed by atoms with Crippen LogP contribution < -0.4 is 17.4 Å². The number of nitrogens with two attached hydrogens (primary N) is 2. The van der Waals surface area contributed by atoms with E-state index >= 15 is 0 Å². The molecule has 2 aromatic heterocycles. The van der Waals surface area contributed by atoms with E-state index in [1.54, 1.807) is 24.3 Å². The molecule has 0 amide bonds. The van der Waals surface area contributed by atoms with Crippen LogP contribution in [0.4, 0.5) is 0 Å². The minimum absolute atomic E-state index is 0.0344. The van der Waals surface area contributed by atoms with Gasteiger partial charge in [-0.3, -0.25) is 14.5 Å². The smallest absolute Gasteiger partial charge is 0.321 e. The molecule has 0 radical (unpaired) electrons. The molecule has 200 valence electrons. The molecule has 1 fully saturated rings. The molecule has 1 saturated heterocycles. The highest BCUT2D eigenvalue weighted by molar-refractivity contribution is 7.91. The van der Waals surface area contributed by atoms with Crippen molar-refractivity contribution < 1.29 is 8.42 Å². The van der Waals surface area contributed by atoms with Crippen molar-refractivity contribution in [3.8, 4) is 0 Å². The number of hydrazine groups is 1. The summed E-state index contributed by atoms with van der Waals surface area (Å²) in [5, 5.41) is 9.08. The van der Waals surface area contributed by atoms with E-state index in [2.05, 4.69) is 15.0 Å². The van der Waals surface area contributed by atoms with E-state index in [1.807, 2.05) is 52.6 Å². The fraction of sp³-hybridized carbons (Fsp3) is 0.308. The Morgan fingerprint density at radius 3 is 2.53 bits per heavy atom. The van der Waals surface area contributed by atoms with Crippen LogP contribution in [0.15, 0.2) is 80.1 Å². The van der Waals surface area contributed by atoms with Crippen LogP contribution >= 0.6 is 11.3 Å². The van der Waals surface area contributed by atoms with Gasteiger partial charge in [-0.25, -0.2) is 19.1 Å². The van der Waals surface area contributed by atoms with Gasteiger partial charge in [-0.2, -0.15) is 16.4 Å². The van der Waals surface area contributed by atoms with E-state index in [0.29, 0.717) is 13.1 Å². The van der Waals surface area contributed by atoms with Crippen LogP contribution in [-0.4, -0.2) is 52.7 Å². The van der Waals surface area contributed by atoms with Crippen LogP contribution in [0.3, 0.4) is 0 Å². The summed E-state index contributed by atoms with van der Waals surface area (Å²) in [5.74, 6) is 12.0. The van der Waals surface area contributed by atoms with Crippen molar-refractivity contribution in [2.45, 2.75) is 36.7 Å². The second kappa shape index (κ2) is 10.7. The Morgan fingerprint density at radius 2 is 1.87 bits per heavy atom. The van der Waals surface area contributed by atoms with E-state index in [9.17, 15) is 13.2 Å². The number of H-pyrrole nitrogens is 1. The van der Waals surface area contributed by atoms with Gasteiger partial charge in [0.25, 0.3) is 0 Å². The number of amidine groups is 1. The lowest BCUT2D eigenvalue weighted by atomic mass is 9.99. The lowest BCUT2D eigenvalue weighted by Crippen LogP contribution is -2.50. The molecule has 2 aromatic carbocycles. The van der Waals surface area contributed by atoms with Gasteiger partial charge in [0.05, 0.1) is 22.0 Å². The van der Waals surface area contributed by atoms with Crippen molar-refractivity contribution in [2.24, 2.45) is 16.8 Å². The van der Waals surface area contributed by atoms with E-state index < -0.39 is 21.8 Å². The quantitative estimate of drug-likeness (QED) is 0.138. The van der Waals surface area contributed by atoms with Crippen molar-refractivity contribution >= 4 is 38.0 Å². The summed E-state index contributed by atoms with van der Waals surface area (Å²) >= 11 is 1.54. The molecule has 12 heteroatoms. The van der Waals surface area contributed by atoms with Crippen molar-refractivity contribution in [1.29, 1.82) is 0 Å². The van der Waals surface area contributed by atoms with Gasteiger partial charge in [-0.15, -0.1) is 0 Å². The zero-order valence-electron chi connectivity index (χ0n) is 21.0. The van der Waals surface area contributed by atoms with Crippen LogP contribution in [0, 0.1) is 6.92 Å². The van der Waals surface area contributed by atoms with E-state index in [-0.39, 0.29) is 22.5 Å². The molecule has 0 aliphatic carbocycles. The summed E-state index contributed by atoms with van der Waals surface area (Å²) in [6.45, 7) is 3.19. The van der Waals surface area contributed by atoms with Gasteiger partial charge in [0.2, 0.25) is 0 Å². The Balaban J connectivity index is 1.37. The third-order valence-corrected chi connectivity index (χ3v) is 9.38. The number of imidazole rings is 1. The van der Waals surface area contributed by atoms with Crippen molar-refractivity contribution in [2.75, 3.05) is 19.0 Å². The Morgan fingerprint density at radius 1 is 1.16 bits per heavy atom. The highest BCUT2D eigenvalue weighted by atomic mass is 32.2. The van der Waals surface area contributed by atoms with Gasteiger partial charge in [0.15, 0.2) is 15.7 Å². The Hall–Kier alpha value is -3.45. The average Bonchev–Trinajstić information content (AvgIpc) is 3.54. The predicted octanol–water partition coefficient (Wildman–Crippen LogP) is 2.96. The van der Waals surface area contributed by atoms with Crippen molar-refractivity contribution in [3.63, 3.8) is 0 Å². The topological polar surface area (TPSA) is 143 Å². The number of aromatic nitrogens is 2. The molecule has 1 unspecified atom stereocenters. The summed E-state index contributed by atoms with van der Waals surface area (Å²) in [7, 11) is -3.72. The summed E-state index contributed by atoms with van der Waals surface area (Å²) in [6.07, 6.45) is 1.46. The summed E-state index contributed by atoms with van der Waals surface area (Å²) in [4.78, 5) is 18.1. The summed E-state index contributed by atoms with van der Waals surface area (Å²) in [6, 6.07) is 15.9. The van der Waals surface area contributed by atoms with Gasteiger partial charge >= 0.3 is 5.69 Å². The number of aromatic amines is 1. The fourth-order valence-corrected chi connectivity index (χ4v) is 7.04. The molecule has 5 N–H and O–H groups in total. The lowest BCUT2D eigenvalue weighted by Gasteiger charge is -2.39. The number of nitrogens with one attached hydrogen (secondary N) is 1. The lowest BCUT2D eigenvalue weighted by molar-refractivity contribution is 0.159. The Kier molecular flexibility index (Phi) is 7.39. The van der Waals surface area contributed by atoms with E-state index in [1.165, 1.54) is 11.3 Å². The first-order chi connectivity index (χ1) is 18.3. The second-order valence-electron chi connectivity index (χ2n) is 9.56. The number of thiophene rings is 1. The van der Waals surface area contributed by atoms with Gasteiger partial charge in [0, 0.05) is 19.1 Å². The maximum Gasteiger partial charge on any atom is 0.326 e. The molecule has 5 rings (SSSR count). The van der Waals surface area contributed by atoms with Crippen LogP contribution in [0.25, 0.3) is 11.0 Å². The number of benzene rings is 2. The molecule has 38 heavy (non-hydrogen) atoms. The molecule has 10 nitrogen and oxygen atoms in total. The third-order valence-electron chi connectivity index (χ3n) is 7.07. The number of nitrogens with zero attached hydrogens (tertiary/aromatic N) is 4. The fourth-order valence-electron chi connectivity index (χ4n) is 5.16. The molecule has 0 spiro atoms. The molecule has 1 atom stereocenters. The monoisotopic (exact) mass is 553 g/mol. The number of aryl methyl sites for hydroxylation is 1. The highest BCUT2D eigenvalue weighted by Gasteiger charge is 2.34. The largest absolute Gasteiger partial charge is 0.326 e. The second-order valence-corrected chi connectivity index (χ2v) is 12.3. The zero-order chi connectivity index (χ0) is 26.9. The number of rotatable bonds is 7. The van der Waals surface area contributed by atoms with Crippen molar-refractivity contribution in [3.05, 3.63) is 87.0 Å². The number of sulfone groups is 1. The Labute approximate surface area is 225 Å². The van der Waals surface area contributed by atoms with Crippen LogP contribution in [-0.2, 0) is 9.84 Å². The predicted molar refractivity (Wildman–Crippen MR) is 150 cm³/mol.